The van der Waals surface area contributed by atoms with E-state index in [1.165, 1.54) is 0 Å². The molecule has 0 heterocycles. The Morgan fingerprint density at radius 2 is 2.09 bits per heavy atom. The molecule has 0 aromatic heterocycles. The van der Waals surface area contributed by atoms with E-state index in [0.717, 1.165) is 17.5 Å². The molecular formula is C18H25NO3. The molecule has 1 atom stereocenters. The van der Waals surface area contributed by atoms with Crippen molar-refractivity contribution in [2.75, 3.05) is 6.61 Å². The Hall–Kier alpha value is -1.84. The number of ketones is 1. The Kier molecular flexibility index (Phi) is 4.59. The molecule has 4 nitrogen and oxygen atoms in total. The molecular weight excluding hydrogens is 278 g/mol. The minimum atomic E-state index is -0.250. The highest BCUT2D eigenvalue weighted by Crippen LogP contribution is 2.40. The molecule has 4 heteroatoms. The lowest BCUT2D eigenvalue weighted by Crippen LogP contribution is -2.44. The van der Waals surface area contributed by atoms with Gasteiger partial charge < -0.3 is 10.1 Å². The summed E-state index contributed by atoms with van der Waals surface area (Å²) >= 11 is 0. The molecule has 0 aliphatic heterocycles. The lowest BCUT2D eigenvalue weighted by Gasteiger charge is -2.24. The number of hydrogen-bond donors (Lipinski definition) is 1. The predicted octanol–water partition coefficient (Wildman–Crippen LogP) is 3.37. The average Bonchev–Trinajstić information content (AvgIpc) is 2.74. The number of fused-ring (bicyclic) bond motifs is 1. The molecule has 1 aromatic carbocycles. The fraction of sp³-hybridized carbons (Fsp3) is 0.556. The lowest BCUT2D eigenvalue weighted by molar-refractivity contribution is -0.124. The number of carbonyl (C=O) groups excluding carboxylic acids is 2. The maximum absolute atomic E-state index is 12.2. The van der Waals surface area contributed by atoms with E-state index in [1.807, 2.05) is 33.8 Å². The van der Waals surface area contributed by atoms with Crippen LogP contribution in [0.3, 0.4) is 0 Å². The van der Waals surface area contributed by atoms with Crippen molar-refractivity contribution in [3.8, 4) is 5.75 Å². The fourth-order valence-corrected chi connectivity index (χ4v) is 2.87. The number of Topliss-reactive ketones (excluding diaryl/α,β-unsaturated/α-hetero) is 1. The van der Waals surface area contributed by atoms with Gasteiger partial charge in [-0.25, -0.2) is 0 Å². The summed E-state index contributed by atoms with van der Waals surface area (Å²) in [5.41, 5.74) is 2.59. The minimum Gasteiger partial charge on any atom is -0.483 e. The molecule has 120 valence electrons. The molecule has 1 N–H and O–H groups in total. The van der Waals surface area contributed by atoms with Gasteiger partial charge in [0.25, 0.3) is 5.91 Å². The van der Waals surface area contributed by atoms with Crippen LogP contribution in [-0.4, -0.2) is 23.8 Å². The molecule has 1 aliphatic rings. The molecule has 0 saturated heterocycles. The third-order valence-corrected chi connectivity index (χ3v) is 4.41. The van der Waals surface area contributed by atoms with Gasteiger partial charge in [0.2, 0.25) is 0 Å². The van der Waals surface area contributed by atoms with Gasteiger partial charge in [0.1, 0.15) is 5.75 Å². The van der Waals surface area contributed by atoms with Crippen molar-refractivity contribution in [2.45, 2.75) is 58.9 Å². The van der Waals surface area contributed by atoms with Crippen LogP contribution in [0.15, 0.2) is 12.1 Å². The zero-order valence-electron chi connectivity index (χ0n) is 14.1. The molecule has 1 aromatic rings. The Bertz CT molecular complexity index is 605. The highest BCUT2D eigenvalue weighted by Gasteiger charge is 2.31. The van der Waals surface area contributed by atoms with E-state index in [4.69, 9.17) is 4.74 Å². The van der Waals surface area contributed by atoms with E-state index >= 15 is 0 Å². The number of benzene rings is 1. The van der Waals surface area contributed by atoms with Gasteiger partial charge in [-0.2, -0.15) is 0 Å². The maximum Gasteiger partial charge on any atom is 0.258 e. The minimum absolute atomic E-state index is 0.0689. The molecule has 22 heavy (non-hydrogen) atoms. The Labute approximate surface area is 132 Å². The summed E-state index contributed by atoms with van der Waals surface area (Å²) in [7, 11) is 0. The monoisotopic (exact) mass is 303 g/mol. The zero-order chi connectivity index (χ0) is 16.5. The van der Waals surface area contributed by atoms with Crippen LogP contribution in [0.2, 0.25) is 0 Å². The summed E-state index contributed by atoms with van der Waals surface area (Å²) in [6, 6.07) is 3.75. The Morgan fingerprint density at radius 1 is 1.41 bits per heavy atom. The molecule has 0 bridgehead atoms. The molecule has 0 spiro atoms. The molecule has 0 saturated carbocycles. The van der Waals surface area contributed by atoms with Crippen LogP contribution in [-0.2, 0) is 4.79 Å². The standard InChI is InChI=1S/C18H25NO3/c1-6-18(4,5)19-15(21)10-22-14-8-7-11(2)16-12(3)9-13(20)17(14)16/h7-8,12H,6,9-10H2,1-5H3,(H,19,21). The van der Waals surface area contributed by atoms with Crippen molar-refractivity contribution in [3.63, 3.8) is 0 Å². The Balaban J connectivity index is 2.13. The van der Waals surface area contributed by atoms with E-state index in [1.54, 1.807) is 6.07 Å². The highest BCUT2D eigenvalue weighted by molar-refractivity contribution is 6.04. The number of ether oxygens (including phenoxy) is 1. The Morgan fingerprint density at radius 3 is 2.73 bits per heavy atom. The van der Waals surface area contributed by atoms with Crippen molar-refractivity contribution < 1.29 is 14.3 Å². The van der Waals surface area contributed by atoms with Crippen molar-refractivity contribution in [1.82, 2.24) is 5.32 Å². The van der Waals surface area contributed by atoms with Gasteiger partial charge in [-0.05, 0) is 50.3 Å². The van der Waals surface area contributed by atoms with Gasteiger partial charge >= 0.3 is 0 Å². The predicted molar refractivity (Wildman–Crippen MR) is 86.5 cm³/mol. The van der Waals surface area contributed by atoms with E-state index in [9.17, 15) is 9.59 Å². The summed E-state index contributed by atoms with van der Waals surface area (Å²) in [6.07, 6.45) is 1.36. The number of aryl methyl sites for hydroxylation is 1. The smallest absolute Gasteiger partial charge is 0.258 e. The van der Waals surface area contributed by atoms with Crippen molar-refractivity contribution >= 4 is 11.7 Å². The van der Waals surface area contributed by atoms with E-state index in [2.05, 4.69) is 12.2 Å². The SMILES string of the molecule is CCC(C)(C)NC(=O)COc1ccc(C)c2c1C(=O)CC2C. The van der Waals surface area contributed by atoms with Crippen LogP contribution < -0.4 is 10.1 Å². The second kappa shape index (κ2) is 6.11. The summed E-state index contributed by atoms with van der Waals surface area (Å²) in [5.74, 6) is 0.688. The van der Waals surface area contributed by atoms with Gasteiger partial charge in [0.15, 0.2) is 12.4 Å². The lowest BCUT2D eigenvalue weighted by atomic mass is 9.97. The molecule has 1 unspecified atom stereocenters. The number of rotatable bonds is 5. The second-order valence-electron chi connectivity index (χ2n) is 6.77. The first kappa shape index (κ1) is 16.5. The van der Waals surface area contributed by atoms with Crippen LogP contribution in [0.5, 0.6) is 5.75 Å². The van der Waals surface area contributed by atoms with Crippen molar-refractivity contribution in [2.24, 2.45) is 0 Å². The van der Waals surface area contributed by atoms with Crippen LogP contribution in [0.25, 0.3) is 0 Å². The summed E-state index contributed by atoms with van der Waals surface area (Å²) in [4.78, 5) is 24.2. The molecule has 0 fully saturated rings. The topological polar surface area (TPSA) is 55.4 Å². The van der Waals surface area contributed by atoms with Crippen LogP contribution in [0, 0.1) is 6.92 Å². The van der Waals surface area contributed by atoms with E-state index in [0.29, 0.717) is 17.7 Å². The molecule has 1 amide bonds. The summed E-state index contributed by atoms with van der Waals surface area (Å²) in [5, 5.41) is 2.93. The highest BCUT2D eigenvalue weighted by atomic mass is 16.5. The van der Waals surface area contributed by atoms with Crippen LogP contribution in [0.1, 0.15) is 67.9 Å². The first-order chi connectivity index (χ1) is 10.2. The van der Waals surface area contributed by atoms with E-state index in [-0.39, 0.29) is 29.8 Å². The summed E-state index contributed by atoms with van der Waals surface area (Å²) in [6.45, 7) is 9.96. The number of amides is 1. The van der Waals surface area contributed by atoms with Crippen LogP contribution in [0.4, 0.5) is 0 Å². The van der Waals surface area contributed by atoms with Crippen molar-refractivity contribution in [3.05, 3.63) is 28.8 Å². The fourth-order valence-electron chi connectivity index (χ4n) is 2.87. The van der Waals surface area contributed by atoms with Gasteiger partial charge in [-0.3, -0.25) is 9.59 Å². The first-order valence-corrected chi connectivity index (χ1v) is 7.85. The molecule has 1 aliphatic carbocycles. The number of nitrogens with one attached hydrogen (secondary N) is 1. The van der Waals surface area contributed by atoms with Crippen LogP contribution >= 0.6 is 0 Å². The summed E-state index contributed by atoms with van der Waals surface area (Å²) < 4.78 is 5.64. The van der Waals surface area contributed by atoms with Gasteiger partial charge in [0.05, 0.1) is 5.56 Å². The number of hydrogen-bond acceptors (Lipinski definition) is 3. The van der Waals surface area contributed by atoms with E-state index < -0.39 is 0 Å². The van der Waals surface area contributed by atoms with Gasteiger partial charge in [0, 0.05) is 12.0 Å². The van der Waals surface area contributed by atoms with Gasteiger partial charge in [-0.1, -0.05) is 19.9 Å². The third-order valence-electron chi connectivity index (χ3n) is 4.41. The normalized spacial score (nSPS) is 17.3. The maximum atomic E-state index is 12.2. The zero-order valence-corrected chi connectivity index (χ0v) is 14.1. The largest absolute Gasteiger partial charge is 0.483 e. The third kappa shape index (κ3) is 3.32. The molecule has 2 rings (SSSR count). The average molecular weight is 303 g/mol. The van der Waals surface area contributed by atoms with Gasteiger partial charge in [-0.15, -0.1) is 0 Å². The van der Waals surface area contributed by atoms with Crippen molar-refractivity contribution in [1.29, 1.82) is 0 Å². The number of carbonyl (C=O) groups is 2. The second-order valence-corrected chi connectivity index (χ2v) is 6.77. The molecule has 0 radical (unpaired) electrons. The first-order valence-electron chi connectivity index (χ1n) is 7.85. The quantitative estimate of drug-likeness (QED) is 0.907.